The minimum Gasteiger partial charge on any atom is -0.497 e. The van der Waals surface area contributed by atoms with E-state index in [1.807, 2.05) is 54.6 Å². The molecule has 1 aromatic heterocycles. The van der Waals surface area contributed by atoms with Crippen LogP contribution in [0.1, 0.15) is 34.9 Å². The maximum absolute atomic E-state index is 12.5. The Hall–Kier alpha value is -3.83. The molecule has 41 heavy (non-hydrogen) atoms. The first-order valence-electron chi connectivity index (χ1n) is 13.2. The highest BCUT2D eigenvalue weighted by Gasteiger charge is 2.46. The van der Waals surface area contributed by atoms with Crippen molar-refractivity contribution in [3.63, 3.8) is 0 Å². The van der Waals surface area contributed by atoms with Gasteiger partial charge in [0, 0.05) is 50.7 Å². The molecule has 0 bridgehead atoms. The number of hydrogen-bond acceptors (Lipinski definition) is 8. The monoisotopic (exact) mass is 574 g/mol. The lowest BCUT2D eigenvalue weighted by molar-refractivity contribution is -0.0959. The summed E-state index contributed by atoms with van der Waals surface area (Å²) < 4.78 is 25.7. The van der Waals surface area contributed by atoms with E-state index in [4.69, 9.17) is 18.9 Å². The number of rotatable bonds is 7. The van der Waals surface area contributed by atoms with Gasteiger partial charge in [-0.05, 0) is 31.2 Å². The number of aromatic nitrogens is 2. The molecule has 0 spiro atoms. The molecular weight excluding hydrogens is 544 g/mol. The maximum Gasteiger partial charge on any atom is 0.330 e. The van der Waals surface area contributed by atoms with Crippen LogP contribution in [0.25, 0.3) is 0 Å². The fourth-order valence-electron chi connectivity index (χ4n) is 5.56. The van der Waals surface area contributed by atoms with Gasteiger partial charge in [0.05, 0.1) is 26.9 Å². The quantitative estimate of drug-likeness (QED) is 0.341. The molecule has 0 radical (unpaired) electrons. The second kappa shape index (κ2) is 10.9. The van der Waals surface area contributed by atoms with Gasteiger partial charge in [-0.3, -0.25) is 14.3 Å². The highest BCUT2D eigenvalue weighted by molar-refractivity contribution is 7.99. The number of nitrogens with one attached hydrogen (secondary N) is 1. The van der Waals surface area contributed by atoms with Gasteiger partial charge in [-0.15, -0.1) is 0 Å². The van der Waals surface area contributed by atoms with E-state index in [9.17, 15) is 14.7 Å². The molecule has 0 unspecified atom stereocenters. The molecule has 4 aromatic rings. The molecule has 3 atom stereocenters. The SMILES string of the molecule is COc1cc(OC)cc(C2(OC[C@H]3O[C@@H](n4cc(C)c(=O)[nH]c4=O)C[C@@H]3O)c3ccccc3Sc3ccccc32)c1. The predicted octanol–water partition coefficient (Wildman–Crippen LogP) is 3.98. The molecule has 0 aliphatic carbocycles. The van der Waals surface area contributed by atoms with Crippen molar-refractivity contribution in [1.82, 2.24) is 9.55 Å². The molecule has 212 valence electrons. The van der Waals surface area contributed by atoms with Crippen molar-refractivity contribution in [2.75, 3.05) is 20.8 Å². The van der Waals surface area contributed by atoms with Gasteiger partial charge >= 0.3 is 5.69 Å². The number of hydrogen-bond donors (Lipinski definition) is 2. The van der Waals surface area contributed by atoms with E-state index >= 15 is 0 Å². The van der Waals surface area contributed by atoms with Crippen molar-refractivity contribution in [2.24, 2.45) is 0 Å². The van der Waals surface area contributed by atoms with Gasteiger partial charge in [-0.1, -0.05) is 48.2 Å². The van der Waals surface area contributed by atoms with E-state index < -0.39 is 35.3 Å². The molecule has 3 aromatic carbocycles. The molecule has 1 saturated heterocycles. The van der Waals surface area contributed by atoms with Gasteiger partial charge < -0.3 is 24.1 Å². The summed E-state index contributed by atoms with van der Waals surface area (Å²) in [4.78, 5) is 28.8. The number of H-pyrrole nitrogens is 1. The number of methoxy groups -OCH3 is 2. The summed E-state index contributed by atoms with van der Waals surface area (Å²) in [7, 11) is 3.21. The molecule has 2 aliphatic rings. The van der Waals surface area contributed by atoms with Crippen LogP contribution < -0.4 is 20.7 Å². The van der Waals surface area contributed by atoms with Crippen molar-refractivity contribution in [2.45, 2.75) is 47.2 Å². The second-order valence-electron chi connectivity index (χ2n) is 10.1. The summed E-state index contributed by atoms with van der Waals surface area (Å²) in [5.41, 5.74) is 0.921. The smallest absolute Gasteiger partial charge is 0.330 e. The Kier molecular flexibility index (Phi) is 7.25. The molecule has 10 heteroatoms. The fourth-order valence-corrected chi connectivity index (χ4v) is 6.73. The lowest BCUT2D eigenvalue weighted by atomic mass is 9.79. The van der Waals surface area contributed by atoms with Crippen LogP contribution in [0.4, 0.5) is 0 Å². The minimum absolute atomic E-state index is 0.0155. The molecule has 3 heterocycles. The molecule has 6 rings (SSSR count). The van der Waals surface area contributed by atoms with Crippen LogP contribution >= 0.6 is 11.8 Å². The lowest BCUT2D eigenvalue weighted by Gasteiger charge is -2.41. The average Bonchev–Trinajstić information content (AvgIpc) is 3.36. The Balaban J connectivity index is 1.44. The van der Waals surface area contributed by atoms with Crippen LogP contribution in [-0.4, -0.2) is 47.7 Å². The summed E-state index contributed by atoms with van der Waals surface area (Å²) in [6, 6.07) is 21.8. The van der Waals surface area contributed by atoms with E-state index in [0.29, 0.717) is 17.1 Å². The summed E-state index contributed by atoms with van der Waals surface area (Å²) in [5.74, 6) is 1.22. The Labute approximate surface area is 240 Å². The number of aliphatic hydroxyl groups excluding tert-OH is 1. The van der Waals surface area contributed by atoms with Gasteiger partial charge in [0.15, 0.2) is 0 Å². The summed E-state index contributed by atoms with van der Waals surface area (Å²) >= 11 is 1.67. The normalized spacial score (nSPS) is 20.7. The standard InChI is InChI=1S/C31H30N2O7S/c1-18-16-33(30(36)32-29(18)35)28-15-24(34)25(40-28)17-39-31(19-12-20(37-2)14-21(13-19)38-3)22-8-4-6-10-26(22)41-27-11-7-5-9-23(27)31/h4-14,16,24-25,28,34H,15,17H2,1-3H3,(H,32,35,36)/t24-,25+,28+/m0/s1. The van der Waals surface area contributed by atoms with Crippen molar-refractivity contribution >= 4 is 11.8 Å². The number of aryl methyl sites for hydroxylation is 1. The van der Waals surface area contributed by atoms with E-state index in [2.05, 4.69) is 17.1 Å². The van der Waals surface area contributed by atoms with Crippen LogP contribution in [0.3, 0.4) is 0 Å². The molecular formula is C31H30N2O7S. The van der Waals surface area contributed by atoms with Crippen LogP contribution in [0, 0.1) is 6.92 Å². The lowest BCUT2D eigenvalue weighted by Crippen LogP contribution is -2.40. The van der Waals surface area contributed by atoms with Gasteiger partial charge in [0.25, 0.3) is 5.56 Å². The third-order valence-electron chi connectivity index (χ3n) is 7.63. The first kappa shape index (κ1) is 27.3. The average molecular weight is 575 g/mol. The Bertz CT molecular complexity index is 1650. The third kappa shape index (κ3) is 4.76. The van der Waals surface area contributed by atoms with E-state index in [1.54, 1.807) is 32.9 Å². The second-order valence-corrected chi connectivity index (χ2v) is 11.2. The number of aliphatic hydroxyl groups is 1. The van der Waals surface area contributed by atoms with Gasteiger partial charge in [-0.2, -0.15) is 0 Å². The van der Waals surface area contributed by atoms with Crippen LogP contribution in [0.2, 0.25) is 0 Å². The Morgan fingerprint density at radius 2 is 1.61 bits per heavy atom. The summed E-state index contributed by atoms with van der Waals surface area (Å²) in [5, 5.41) is 11.0. The topological polar surface area (TPSA) is 112 Å². The molecule has 9 nitrogen and oxygen atoms in total. The third-order valence-corrected chi connectivity index (χ3v) is 8.79. The fraction of sp³-hybridized carbons (Fsp3) is 0.290. The molecule has 0 amide bonds. The van der Waals surface area contributed by atoms with E-state index in [-0.39, 0.29) is 13.0 Å². The van der Waals surface area contributed by atoms with Crippen LogP contribution in [0.5, 0.6) is 11.5 Å². The van der Waals surface area contributed by atoms with Gasteiger partial charge in [0.1, 0.15) is 29.4 Å². The first-order valence-corrected chi connectivity index (χ1v) is 14.1. The van der Waals surface area contributed by atoms with E-state index in [0.717, 1.165) is 26.5 Å². The number of aromatic amines is 1. The zero-order chi connectivity index (χ0) is 28.7. The summed E-state index contributed by atoms with van der Waals surface area (Å²) in [6.07, 6.45) is -0.771. The molecule has 2 N–H and O–H groups in total. The molecule has 0 saturated carbocycles. The summed E-state index contributed by atoms with van der Waals surface area (Å²) in [6.45, 7) is 1.63. The number of nitrogens with zero attached hydrogens (tertiary/aromatic N) is 1. The Morgan fingerprint density at radius 3 is 2.22 bits per heavy atom. The largest absolute Gasteiger partial charge is 0.497 e. The first-order chi connectivity index (χ1) is 19.8. The Morgan fingerprint density at radius 1 is 1.00 bits per heavy atom. The van der Waals surface area contributed by atoms with Crippen molar-refractivity contribution in [3.05, 3.63) is 116 Å². The number of benzene rings is 3. The molecule has 2 aliphatic heterocycles. The van der Waals surface area contributed by atoms with Gasteiger partial charge in [0.2, 0.25) is 0 Å². The zero-order valence-corrected chi connectivity index (χ0v) is 23.6. The van der Waals surface area contributed by atoms with Crippen molar-refractivity contribution < 1.29 is 24.1 Å². The highest BCUT2D eigenvalue weighted by Crippen LogP contribution is 2.54. The predicted molar refractivity (Wildman–Crippen MR) is 153 cm³/mol. The number of ether oxygens (including phenoxy) is 4. The van der Waals surface area contributed by atoms with Crippen molar-refractivity contribution in [3.8, 4) is 11.5 Å². The van der Waals surface area contributed by atoms with Crippen LogP contribution in [0.15, 0.2) is 92.3 Å². The minimum atomic E-state index is -1.09. The van der Waals surface area contributed by atoms with Gasteiger partial charge in [-0.25, -0.2) is 4.79 Å². The maximum atomic E-state index is 12.5. The van der Waals surface area contributed by atoms with Crippen LogP contribution in [-0.2, 0) is 15.1 Å². The van der Waals surface area contributed by atoms with E-state index in [1.165, 1.54) is 10.8 Å². The zero-order valence-electron chi connectivity index (χ0n) is 22.8. The molecule has 1 fully saturated rings. The number of fused-ring (bicyclic) bond motifs is 2. The van der Waals surface area contributed by atoms with Crippen molar-refractivity contribution in [1.29, 1.82) is 0 Å². The highest BCUT2D eigenvalue weighted by atomic mass is 32.2.